The minimum Gasteiger partial charge on any atom is -0.322 e. The summed E-state index contributed by atoms with van der Waals surface area (Å²) in [6, 6.07) is 11.1. The number of nitrogens with one attached hydrogen (secondary N) is 2. The standard InChI is InChI=1S/C16H20N4O/c1-3-6-13-9-12(10-15(18-13)20-17)16(21)19-14-8-5-4-7-11(14)2/h4-5,7-10H,3,6,17H2,1-2H3,(H,18,20)(H,19,21). The molecule has 0 bridgehead atoms. The Kier molecular flexibility index (Phi) is 4.90. The molecule has 5 nitrogen and oxygen atoms in total. The fourth-order valence-electron chi connectivity index (χ4n) is 2.08. The lowest BCUT2D eigenvalue weighted by molar-refractivity contribution is 0.102. The number of para-hydroxylation sites is 1. The molecule has 4 N–H and O–H groups in total. The molecule has 0 radical (unpaired) electrons. The number of rotatable bonds is 5. The first kappa shape index (κ1) is 15.0. The summed E-state index contributed by atoms with van der Waals surface area (Å²) in [7, 11) is 0. The first-order valence-corrected chi connectivity index (χ1v) is 6.98. The number of aryl methyl sites for hydroxylation is 2. The van der Waals surface area contributed by atoms with Gasteiger partial charge in [0.15, 0.2) is 0 Å². The summed E-state index contributed by atoms with van der Waals surface area (Å²) in [6.07, 6.45) is 1.76. The monoisotopic (exact) mass is 284 g/mol. The summed E-state index contributed by atoms with van der Waals surface area (Å²) in [5.74, 6) is 5.75. The Morgan fingerprint density at radius 1 is 1.29 bits per heavy atom. The molecule has 0 fully saturated rings. The van der Waals surface area contributed by atoms with Crippen LogP contribution < -0.4 is 16.6 Å². The zero-order valence-electron chi connectivity index (χ0n) is 12.3. The summed E-state index contributed by atoms with van der Waals surface area (Å²) < 4.78 is 0. The van der Waals surface area contributed by atoms with Crippen LogP contribution in [0.3, 0.4) is 0 Å². The lowest BCUT2D eigenvalue weighted by atomic mass is 10.1. The van der Waals surface area contributed by atoms with E-state index in [9.17, 15) is 4.79 Å². The number of hydrogen-bond acceptors (Lipinski definition) is 4. The predicted molar refractivity (Wildman–Crippen MR) is 85.2 cm³/mol. The Bertz CT molecular complexity index is 640. The van der Waals surface area contributed by atoms with Crippen molar-refractivity contribution in [1.29, 1.82) is 0 Å². The highest BCUT2D eigenvalue weighted by Gasteiger charge is 2.11. The molecule has 110 valence electrons. The molecule has 0 aliphatic carbocycles. The van der Waals surface area contributed by atoms with E-state index < -0.39 is 0 Å². The van der Waals surface area contributed by atoms with E-state index >= 15 is 0 Å². The zero-order valence-corrected chi connectivity index (χ0v) is 12.3. The van der Waals surface area contributed by atoms with Gasteiger partial charge in [-0.2, -0.15) is 0 Å². The quantitative estimate of drug-likeness (QED) is 0.582. The molecular weight excluding hydrogens is 264 g/mol. The second-order valence-electron chi connectivity index (χ2n) is 4.90. The van der Waals surface area contributed by atoms with Gasteiger partial charge >= 0.3 is 0 Å². The van der Waals surface area contributed by atoms with Crippen LogP contribution >= 0.6 is 0 Å². The van der Waals surface area contributed by atoms with Crippen molar-refractivity contribution in [1.82, 2.24) is 4.98 Å². The SMILES string of the molecule is CCCc1cc(C(=O)Nc2ccccc2C)cc(NN)n1. The molecule has 1 heterocycles. The van der Waals surface area contributed by atoms with E-state index in [1.807, 2.05) is 31.2 Å². The summed E-state index contributed by atoms with van der Waals surface area (Å²) >= 11 is 0. The fraction of sp³-hybridized carbons (Fsp3) is 0.250. The minimum absolute atomic E-state index is 0.166. The smallest absolute Gasteiger partial charge is 0.255 e. The van der Waals surface area contributed by atoms with Gasteiger partial charge in [-0.15, -0.1) is 0 Å². The minimum atomic E-state index is -0.166. The molecule has 0 saturated carbocycles. The van der Waals surface area contributed by atoms with Crippen molar-refractivity contribution in [3.63, 3.8) is 0 Å². The van der Waals surface area contributed by atoms with Gasteiger partial charge in [-0.1, -0.05) is 31.5 Å². The number of pyridine rings is 1. The lowest BCUT2D eigenvalue weighted by Crippen LogP contribution is -2.16. The molecule has 2 aromatic rings. The number of hydrogen-bond donors (Lipinski definition) is 3. The van der Waals surface area contributed by atoms with E-state index in [2.05, 4.69) is 22.7 Å². The maximum atomic E-state index is 12.4. The third-order valence-corrected chi connectivity index (χ3v) is 3.19. The number of aromatic nitrogens is 1. The van der Waals surface area contributed by atoms with Gasteiger partial charge in [0, 0.05) is 16.9 Å². The number of nitrogen functional groups attached to an aromatic ring is 1. The van der Waals surface area contributed by atoms with E-state index in [0.29, 0.717) is 11.4 Å². The maximum Gasteiger partial charge on any atom is 0.255 e. The highest BCUT2D eigenvalue weighted by Crippen LogP contribution is 2.17. The Morgan fingerprint density at radius 3 is 2.71 bits per heavy atom. The topological polar surface area (TPSA) is 80.0 Å². The van der Waals surface area contributed by atoms with Crippen LogP contribution in [0.5, 0.6) is 0 Å². The summed E-state index contributed by atoms with van der Waals surface area (Å²) in [5.41, 5.74) is 5.72. The first-order chi connectivity index (χ1) is 10.1. The van der Waals surface area contributed by atoms with Crippen LogP contribution in [0, 0.1) is 6.92 Å². The third-order valence-electron chi connectivity index (χ3n) is 3.19. The van der Waals surface area contributed by atoms with E-state index in [-0.39, 0.29) is 5.91 Å². The number of nitrogens with zero attached hydrogens (tertiary/aromatic N) is 1. The molecule has 0 atom stereocenters. The van der Waals surface area contributed by atoms with Crippen molar-refractivity contribution >= 4 is 17.4 Å². The fourth-order valence-corrected chi connectivity index (χ4v) is 2.08. The van der Waals surface area contributed by atoms with Crippen molar-refractivity contribution in [2.75, 3.05) is 10.7 Å². The number of anilines is 2. The molecule has 1 aromatic carbocycles. The van der Waals surface area contributed by atoms with Crippen LogP contribution in [0.25, 0.3) is 0 Å². The molecule has 0 saturated heterocycles. The third kappa shape index (κ3) is 3.79. The first-order valence-electron chi connectivity index (χ1n) is 6.98. The van der Waals surface area contributed by atoms with Crippen LogP contribution in [0.15, 0.2) is 36.4 Å². The van der Waals surface area contributed by atoms with E-state index in [0.717, 1.165) is 29.8 Å². The highest BCUT2D eigenvalue weighted by molar-refractivity contribution is 6.05. The van der Waals surface area contributed by atoms with Crippen molar-refractivity contribution in [2.24, 2.45) is 5.84 Å². The molecule has 0 spiro atoms. The molecule has 0 aliphatic heterocycles. The van der Waals surface area contributed by atoms with Gasteiger partial charge in [0.2, 0.25) is 0 Å². The van der Waals surface area contributed by atoms with Gasteiger partial charge in [0.25, 0.3) is 5.91 Å². The van der Waals surface area contributed by atoms with Gasteiger partial charge in [-0.25, -0.2) is 10.8 Å². The largest absolute Gasteiger partial charge is 0.322 e. The summed E-state index contributed by atoms with van der Waals surface area (Å²) in [5, 5.41) is 2.91. The van der Waals surface area contributed by atoms with Crippen LogP contribution in [0.2, 0.25) is 0 Å². The number of benzene rings is 1. The second-order valence-corrected chi connectivity index (χ2v) is 4.90. The van der Waals surface area contributed by atoms with E-state index in [1.54, 1.807) is 12.1 Å². The average molecular weight is 284 g/mol. The number of nitrogens with two attached hydrogens (primary N) is 1. The van der Waals surface area contributed by atoms with E-state index in [4.69, 9.17) is 5.84 Å². The molecule has 1 amide bonds. The Labute approximate surface area is 124 Å². The van der Waals surface area contributed by atoms with Crippen LogP contribution in [0.4, 0.5) is 11.5 Å². The molecule has 1 aromatic heterocycles. The number of hydrazine groups is 1. The molecule has 0 unspecified atom stereocenters. The average Bonchev–Trinajstić information content (AvgIpc) is 2.49. The lowest BCUT2D eigenvalue weighted by Gasteiger charge is -2.10. The van der Waals surface area contributed by atoms with Crippen molar-refractivity contribution < 1.29 is 4.79 Å². The predicted octanol–water partition coefficient (Wildman–Crippen LogP) is 2.88. The Hall–Kier alpha value is -2.40. The van der Waals surface area contributed by atoms with Crippen molar-refractivity contribution in [3.05, 3.63) is 53.2 Å². The number of carbonyl (C=O) groups is 1. The van der Waals surface area contributed by atoms with Gasteiger partial charge in [-0.05, 0) is 37.1 Å². The number of carbonyl (C=O) groups excluding carboxylic acids is 1. The summed E-state index contributed by atoms with van der Waals surface area (Å²) in [4.78, 5) is 16.7. The maximum absolute atomic E-state index is 12.4. The normalized spacial score (nSPS) is 10.2. The van der Waals surface area contributed by atoms with Crippen LogP contribution in [-0.4, -0.2) is 10.9 Å². The van der Waals surface area contributed by atoms with Crippen molar-refractivity contribution in [3.8, 4) is 0 Å². The molecule has 2 rings (SSSR count). The van der Waals surface area contributed by atoms with Gasteiger partial charge in [0.1, 0.15) is 5.82 Å². The highest BCUT2D eigenvalue weighted by atomic mass is 16.1. The van der Waals surface area contributed by atoms with Crippen molar-refractivity contribution in [2.45, 2.75) is 26.7 Å². The van der Waals surface area contributed by atoms with Gasteiger partial charge in [0.05, 0.1) is 0 Å². The van der Waals surface area contributed by atoms with E-state index in [1.165, 1.54) is 0 Å². The van der Waals surface area contributed by atoms with Crippen LogP contribution in [0.1, 0.15) is 35.0 Å². The van der Waals surface area contributed by atoms with Crippen LogP contribution in [-0.2, 0) is 6.42 Å². The Morgan fingerprint density at radius 2 is 2.05 bits per heavy atom. The molecule has 21 heavy (non-hydrogen) atoms. The molecule has 5 heteroatoms. The molecular formula is C16H20N4O. The van der Waals surface area contributed by atoms with Gasteiger partial charge in [-0.3, -0.25) is 4.79 Å². The second kappa shape index (κ2) is 6.85. The Balaban J connectivity index is 2.26. The summed E-state index contributed by atoms with van der Waals surface area (Å²) in [6.45, 7) is 4.02. The molecule has 0 aliphatic rings. The van der Waals surface area contributed by atoms with Gasteiger partial charge < -0.3 is 10.7 Å². The number of amides is 1. The zero-order chi connectivity index (χ0) is 15.2.